The van der Waals surface area contributed by atoms with Crippen LogP contribution >= 0.6 is 0 Å². The summed E-state index contributed by atoms with van der Waals surface area (Å²) in [5.41, 5.74) is 1.81. The van der Waals surface area contributed by atoms with Crippen molar-refractivity contribution in [1.82, 2.24) is 14.7 Å². The van der Waals surface area contributed by atoms with E-state index in [-0.39, 0.29) is 29.7 Å². The summed E-state index contributed by atoms with van der Waals surface area (Å²) in [4.78, 5) is 43.3. The predicted molar refractivity (Wildman–Crippen MR) is 103 cm³/mol. The van der Waals surface area contributed by atoms with E-state index in [1.54, 1.807) is 9.80 Å². The lowest BCUT2D eigenvalue weighted by Crippen LogP contribution is -2.55. The Morgan fingerprint density at radius 3 is 2.11 bits per heavy atom. The van der Waals surface area contributed by atoms with E-state index in [2.05, 4.69) is 0 Å². The van der Waals surface area contributed by atoms with Gasteiger partial charge in [-0.25, -0.2) is 0 Å². The predicted octanol–water partition coefficient (Wildman–Crippen LogP) is 1.93. The molecule has 0 saturated carbocycles. The van der Waals surface area contributed by atoms with Crippen molar-refractivity contribution in [3.63, 3.8) is 0 Å². The van der Waals surface area contributed by atoms with Crippen LogP contribution in [0.1, 0.15) is 42.6 Å². The van der Waals surface area contributed by atoms with E-state index in [9.17, 15) is 14.4 Å². The first-order chi connectivity index (χ1) is 12.9. The summed E-state index contributed by atoms with van der Waals surface area (Å²) in [7, 11) is 0. The average Bonchev–Trinajstić information content (AvgIpc) is 3.16. The van der Waals surface area contributed by atoms with E-state index >= 15 is 0 Å². The number of likely N-dealkylation sites (tertiary alicyclic amines) is 1. The highest BCUT2D eigenvalue weighted by atomic mass is 16.2. The lowest BCUT2D eigenvalue weighted by Gasteiger charge is -2.37. The molecular weight excluding hydrogens is 342 g/mol. The Bertz CT molecular complexity index is 706. The Morgan fingerprint density at radius 2 is 1.52 bits per heavy atom. The Balaban J connectivity index is 1.58. The van der Waals surface area contributed by atoms with Gasteiger partial charge in [0.1, 0.15) is 6.04 Å². The standard InChI is InChI=1S/C21H29N3O3/c1-15(2)19(25)24-10-4-5-18(24)21(27)23-13-11-22(12-14-23)20(26)17-8-6-16(3)7-9-17/h6-9,15,18H,4-5,10-14H2,1-3H3. The monoisotopic (exact) mass is 371 g/mol. The molecule has 27 heavy (non-hydrogen) atoms. The smallest absolute Gasteiger partial charge is 0.253 e. The average molecular weight is 371 g/mol. The number of rotatable bonds is 3. The van der Waals surface area contributed by atoms with Gasteiger partial charge in [-0.3, -0.25) is 14.4 Å². The van der Waals surface area contributed by atoms with Crippen LogP contribution < -0.4 is 0 Å². The molecule has 146 valence electrons. The van der Waals surface area contributed by atoms with Gasteiger partial charge < -0.3 is 14.7 Å². The molecule has 2 fully saturated rings. The highest BCUT2D eigenvalue weighted by molar-refractivity contribution is 5.94. The molecule has 1 unspecified atom stereocenters. The molecule has 1 atom stereocenters. The van der Waals surface area contributed by atoms with Gasteiger partial charge in [0.25, 0.3) is 5.91 Å². The topological polar surface area (TPSA) is 60.9 Å². The molecule has 0 spiro atoms. The molecular formula is C21H29N3O3. The summed E-state index contributed by atoms with van der Waals surface area (Å²) in [6.45, 7) is 8.52. The van der Waals surface area contributed by atoms with Crippen molar-refractivity contribution in [2.75, 3.05) is 32.7 Å². The maximum Gasteiger partial charge on any atom is 0.253 e. The molecule has 1 aromatic rings. The number of hydrogen-bond acceptors (Lipinski definition) is 3. The summed E-state index contributed by atoms with van der Waals surface area (Å²) in [5.74, 6) is 0.00456. The maximum atomic E-state index is 13.0. The molecule has 0 aromatic heterocycles. The third kappa shape index (κ3) is 4.15. The number of carbonyl (C=O) groups is 3. The minimum absolute atomic E-state index is 0.0135. The second-order valence-electron chi connectivity index (χ2n) is 7.83. The minimum Gasteiger partial charge on any atom is -0.337 e. The first kappa shape index (κ1) is 19.4. The van der Waals surface area contributed by atoms with E-state index < -0.39 is 0 Å². The fourth-order valence-electron chi connectivity index (χ4n) is 3.84. The van der Waals surface area contributed by atoms with Crippen LogP contribution in [0, 0.1) is 12.8 Å². The fourth-order valence-corrected chi connectivity index (χ4v) is 3.84. The van der Waals surface area contributed by atoms with Crippen LogP contribution in [0.25, 0.3) is 0 Å². The van der Waals surface area contributed by atoms with Crippen LogP contribution in [-0.4, -0.2) is 71.2 Å². The summed E-state index contributed by atoms with van der Waals surface area (Å²) in [6, 6.07) is 7.24. The largest absolute Gasteiger partial charge is 0.337 e. The number of amides is 3. The molecule has 2 heterocycles. The van der Waals surface area contributed by atoms with Gasteiger partial charge in [0.15, 0.2) is 0 Å². The molecule has 0 aliphatic carbocycles. The van der Waals surface area contributed by atoms with Crippen LogP contribution in [0.2, 0.25) is 0 Å². The zero-order chi connectivity index (χ0) is 19.6. The molecule has 2 aliphatic heterocycles. The number of nitrogens with zero attached hydrogens (tertiary/aromatic N) is 3. The molecule has 0 N–H and O–H groups in total. The number of benzene rings is 1. The molecule has 3 rings (SSSR count). The van der Waals surface area contributed by atoms with Gasteiger partial charge in [-0.2, -0.15) is 0 Å². The van der Waals surface area contributed by atoms with Crippen molar-refractivity contribution < 1.29 is 14.4 Å². The molecule has 0 bridgehead atoms. The van der Waals surface area contributed by atoms with E-state index in [1.165, 1.54) is 0 Å². The first-order valence-corrected chi connectivity index (χ1v) is 9.83. The zero-order valence-corrected chi connectivity index (χ0v) is 16.5. The molecule has 2 aliphatic rings. The Labute approximate surface area is 161 Å². The van der Waals surface area contributed by atoms with Crippen molar-refractivity contribution in [3.05, 3.63) is 35.4 Å². The van der Waals surface area contributed by atoms with E-state index in [0.717, 1.165) is 18.4 Å². The third-order valence-electron chi connectivity index (χ3n) is 5.49. The summed E-state index contributed by atoms with van der Waals surface area (Å²) in [5, 5.41) is 0. The van der Waals surface area contributed by atoms with Gasteiger partial charge in [-0.05, 0) is 31.9 Å². The van der Waals surface area contributed by atoms with Gasteiger partial charge in [0, 0.05) is 44.2 Å². The Hall–Kier alpha value is -2.37. The normalized spacial score (nSPS) is 20.3. The number of carbonyl (C=O) groups excluding carboxylic acids is 3. The minimum atomic E-state index is -0.334. The van der Waals surface area contributed by atoms with Crippen molar-refractivity contribution in [2.24, 2.45) is 5.92 Å². The van der Waals surface area contributed by atoms with Gasteiger partial charge in [0.2, 0.25) is 11.8 Å². The molecule has 2 saturated heterocycles. The van der Waals surface area contributed by atoms with Crippen LogP contribution in [0.4, 0.5) is 0 Å². The summed E-state index contributed by atoms with van der Waals surface area (Å²) >= 11 is 0. The molecule has 0 radical (unpaired) electrons. The van der Waals surface area contributed by atoms with Crippen LogP contribution in [0.5, 0.6) is 0 Å². The van der Waals surface area contributed by atoms with Crippen molar-refractivity contribution in [3.8, 4) is 0 Å². The number of piperazine rings is 1. The molecule has 1 aromatic carbocycles. The molecule has 6 heteroatoms. The lowest BCUT2D eigenvalue weighted by molar-refractivity contribution is -0.146. The second-order valence-corrected chi connectivity index (χ2v) is 7.83. The van der Waals surface area contributed by atoms with Crippen LogP contribution in [0.15, 0.2) is 24.3 Å². The Kier molecular flexibility index (Phi) is 5.82. The quantitative estimate of drug-likeness (QED) is 0.816. The van der Waals surface area contributed by atoms with Gasteiger partial charge in [0.05, 0.1) is 0 Å². The number of aryl methyl sites for hydroxylation is 1. The Morgan fingerprint density at radius 1 is 0.926 bits per heavy atom. The zero-order valence-electron chi connectivity index (χ0n) is 16.5. The van der Waals surface area contributed by atoms with E-state index in [1.807, 2.05) is 49.9 Å². The fraction of sp³-hybridized carbons (Fsp3) is 0.571. The summed E-state index contributed by atoms with van der Waals surface area (Å²) < 4.78 is 0. The van der Waals surface area contributed by atoms with Crippen LogP contribution in [-0.2, 0) is 9.59 Å². The molecule has 6 nitrogen and oxygen atoms in total. The van der Waals surface area contributed by atoms with Crippen molar-refractivity contribution in [1.29, 1.82) is 0 Å². The van der Waals surface area contributed by atoms with E-state index in [4.69, 9.17) is 0 Å². The van der Waals surface area contributed by atoms with Crippen LogP contribution in [0.3, 0.4) is 0 Å². The molecule has 3 amide bonds. The highest BCUT2D eigenvalue weighted by Gasteiger charge is 2.38. The third-order valence-corrected chi connectivity index (χ3v) is 5.49. The van der Waals surface area contributed by atoms with Gasteiger partial charge in [-0.15, -0.1) is 0 Å². The summed E-state index contributed by atoms with van der Waals surface area (Å²) in [6.07, 6.45) is 1.61. The van der Waals surface area contributed by atoms with Crippen molar-refractivity contribution in [2.45, 2.75) is 39.7 Å². The van der Waals surface area contributed by atoms with E-state index in [0.29, 0.717) is 38.3 Å². The second kappa shape index (κ2) is 8.11. The van der Waals surface area contributed by atoms with Crippen molar-refractivity contribution >= 4 is 17.7 Å². The maximum absolute atomic E-state index is 13.0. The van der Waals surface area contributed by atoms with Gasteiger partial charge in [-0.1, -0.05) is 31.5 Å². The number of hydrogen-bond donors (Lipinski definition) is 0. The lowest BCUT2D eigenvalue weighted by atomic mass is 10.1. The highest BCUT2D eigenvalue weighted by Crippen LogP contribution is 2.22. The first-order valence-electron chi connectivity index (χ1n) is 9.83. The van der Waals surface area contributed by atoms with Gasteiger partial charge >= 0.3 is 0 Å². The SMILES string of the molecule is Cc1ccc(C(=O)N2CCN(C(=O)C3CCCN3C(=O)C(C)C)CC2)cc1.